The van der Waals surface area contributed by atoms with Gasteiger partial charge in [0.25, 0.3) is 6.01 Å². The molecule has 0 N–H and O–H groups in total. The van der Waals surface area contributed by atoms with Gasteiger partial charge in [0.15, 0.2) is 0 Å². The summed E-state index contributed by atoms with van der Waals surface area (Å²) >= 11 is 5.81. The van der Waals surface area contributed by atoms with Gasteiger partial charge in [-0.1, -0.05) is 30.3 Å². The normalized spacial score (nSPS) is 20.3. The van der Waals surface area contributed by atoms with Crippen LogP contribution >= 0.6 is 11.6 Å². The Hall–Kier alpha value is -1.52. The molecule has 0 radical (unpaired) electrons. The highest BCUT2D eigenvalue weighted by Gasteiger charge is 2.29. The summed E-state index contributed by atoms with van der Waals surface area (Å²) in [6.45, 7) is 2.86. The summed E-state index contributed by atoms with van der Waals surface area (Å²) < 4.78 is 5.59. The van der Waals surface area contributed by atoms with E-state index in [1.807, 2.05) is 6.07 Å². The number of hydrogen-bond acceptors (Lipinski definition) is 4. The number of likely N-dealkylation sites (N-methyl/N-ethyl adjacent to an activating group) is 1. The maximum absolute atomic E-state index is 5.81. The molecule has 5 heteroatoms. The second kappa shape index (κ2) is 5.85. The van der Waals surface area contributed by atoms with Crippen LogP contribution in [0.2, 0.25) is 0 Å². The van der Waals surface area contributed by atoms with Gasteiger partial charge in [0.2, 0.25) is 0 Å². The van der Waals surface area contributed by atoms with Crippen molar-refractivity contribution in [2.75, 3.05) is 31.6 Å². The number of rotatable bonds is 3. The minimum Gasteiger partial charge on any atom is -0.432 e. The van der Waals surface area contributed by atoms with Gasteiger partial charge >= 0.3 is 0 Å². The van der Waals surface area contributed by atoms with Crippen LogP contribution in [-0.2, 0) is 5.88 Å². The first-order valence-corrected chi connectivity index (χ1v) is 7.32. The molecule has 2 heterocycles. The average Bonchev–Trinajstić information content (AvgIpc) is 2.97. The summed E-state index contributed by atoms with van der Waals surface area (Å²) in [6.07, 6.45) is 1.64. The number of hydrogen-bond donors (Lipinski definition) is 0. The standard InChI is InChI=1S/C15H18ClN3O/c1-18-7-8-19(15-17-13(9-16)11-20-15)14(10-18)12-5-3-2-4-6-12/h2-6,11,14H,7-10H2,1H3. The molecular formula is C15H18ClN3O. The number of piperazine rings is 1. The molecule has 0 bridgehead atoms. The fourth-order valence-corrected chi connectivity index (χ4v) is 2.72. The summed E-state index contributed by atoms with van der Waals surface area (Å²) in [5, 5.41) is 0. The number of halogens is 1. The Morgan fingerprint density at radius 3 is 2.80 bits per heavy atom. The maximum Gasteiger partial charge on any atom is 0.298 e. The minimum absolute atomic E-state index is 0.261. The van der Waals surface area contributed by atoms with Crippen molar-refractivity contribution >= 4 is 17.6 Å². The van der Waals surface area contributed by atoms with Crippen LogP contribution < -0.4 is 4.90 Å². The van der Waals surface area contributed by atoms with E-state index in [0.29, 0.717) is 11.9 Å². The van der Waals surface area contributed by atoms with Crippen LogP contribution in [0.15, 0.2) is 41.0 Å². The number of anilines is 1. The number of benzene rings is 1. The van der Waals surface area contributed by atoms with Crippen molar-refractivity contribution in [2.45, 2.75) is 11.9 Å². The van der Waals surface area contributed by atoms with Crippen LogP contribution in [0, 0.1) is 0 Å². The molecule has 0 spiro atoms. The first kappa shape index (κ1) is 13.5. The van der Waals surface area contributed by atoms with E-state index in [1.165, 1.54) is 5.56 Å². The van der Waals surface area contributed by atoms with Crippen molar-refractivity contribution in [1.82, 2.24) is 9.88 Å². The summed E-state index contributed by atoms with van der Waals surface area (Å²) in [7, 11) is 2.15. The fraction of sp³-hybridized carbons (Fsp3) is 0.400. The molecule has 4 nitrogen and oxygen atoms in total. The first-order chi connectivity index (χ1) is 9.78. The lowest BCUT2D eigenvalue weighted by Crippen LogP contribution is -2.47. The van der Waals surface area contributed by atoms with Crippen molar-refractivity contribution in [2.24, 2.45) is 0 Å². The van der Waals surface area contributed by atoms with E-state index in [0.717, 1.165) is 25.3 Å². The summed E-state index contributed by atoms with van der Waals surface area (Å²) in [4.78, 5) is 9.02. The van der Waals surface area contributed by atoms with Gasteiger partial charge in [0.1, 0.15) is 6.26 Å². The zero-order chi connectivity index (χ0) is 13.9. The van der Waals surface area contributed by atoms with Gasteiger partial charge < -0.3 is 14.2 Å². The summed E-state index contributed by atoms with van der Waals surface area (Å²) in [5.41, 5.74) is 2.07. The Balaban J connectivity index is 1.90. The lowest BCUT2D eigenvalue weighted by atomic mass is 10.0. The SMILES string of the molecule is CN1CCN(c2nc(CCl)co2)C(c2ccccc2)C1. The van der Waals surface area contributed by atoms with Crippen molar-refractivity contribution in [3.8, 4) is 0 Å². The molecule has 20 heavy (non-hydrogen) atoms. The highest BCUT2D eigenvalue weighted by molar-refractivity contribution is 6.16. The number of oxazole rings is 1. The Labute approximate surface area is 124 Å². The van der Waals surface area contributed by atoms with Crippen molar-refractivity contribution in [1.29, 1.82) is 0 Å². The smallest absolute Gasteiger partial charge is 0.298 e. The molecule has 1 aliphatic rings. The van der Waals surface area contributed by atoms with Crippen molar-refractivity contribution in [3.05, 3.63) is 47.9 Å². The number of aromatic nitrogens is 1. The summed E-state index contributed by atoms with van der Waals surface area (Å²) in [5.74, 6) is 0.382. The molecule has 1 atom stereocenters. The second-order valence-corrected chi connectivity index (χ2v) is 5.40. The third kappa shape index (κ3) is 2.67. The zero-order valence-corrected chi connectivity index (χ0v) is 12.3. The van der Waals surface area contributed by atoms with E-state index in [4.69, 9.17) is 16.0 Å². The van der Waals surface area contributed by atoms with Gasteiger partial charge in [-0.25, -0.2) is 0 Å². The molecule has 0 amide bonds. The molecule has 1 unspecified atom stereocenters. The van der Waals surface area contributed by atoms with Gasteiger partial charge in [-0.15, -0.1) is 11.6 Å². The van der Waals surface area contributed by atoms with Crippen LogP contribution in [0.25, 0.3) is 0 Å². The fourth-order valence-electron chi connectivity index (χ4n) is 2.60. The largest absolute Gasteiger partial charge is 0.432 e. The third-order valence-electron chi connectivity index (χ3n) is 3.69. The van der Waals surface area contributed by atoms with E-state index in [-0.39, 0.29) is 6.04 Å². The van der Waals surface area contributed by atoms with Gasteiger partial charge in [-0.3, -0.25) is 0 Å². The maximum atomic E-state index is 5.81. The number of alkyl halides is 1. The van der Waals surface area contributed by atoms with Gasteiger partial charge in [0.05, 0.1) is 17.6 Å². The molecule has 3 rings (SSSR count). The predicted octanol–water partition coefficient (Wildman–Crippen LogP) is 2.91. The van der Waals surface area contributed by atoms with E-state index in [2.05, 4.69) is 46.1 Å². The molecule has 0 aliphatic carbocycles. The van der Waals surface area contributed by atoms with Gasteiger partial charge in [0, 0.05) is 19.6 Å². The lowest BCUT2D eigenvalue weighted by molar-refractivity contribution is 0.260. The topological polar surface area (TPSA) is 32.5 Å². The van der Waals surface area contributed by atoms with Crippen LogP contribution in [0.4, 0.5) is 6.01 Å². The van der Waals surface area contributed by atoms with E-state index < -0.39 is 0 Å². The quantitative estimate of drug-likeness (QED) is 0.814. The Kier molecular flexibility index (Phi) is 3.94. The zero-order valence-electron chi connectivity index (χ0n) is 11.5. The van der Waals surface area contributed by atoms with Crippen LogP contribution in [0.5, 0.6) is 0 Å². The molecule has 1 aromatic carbocycles. The average molecular weight is 292 g/mol. The molecule has 106 valence electrons. The van der Waals surface area contributed by atoms with Gasteiger partial charge in [-0.05, 0) is 12.6 Å². The Bertz CT molecular complexity index is 557. The first-order valence-electron chi connectivity index (χ1n) is 6.78. The monoisotopic (exact) mass is 291 g/mol. The lowest BCUT2D eigenvalue weighted by Gasteiger charge is -2.39. The highest BCUT2D eigenvalue weighted by atomic mass is 35.5. The van der Waals surface area contributed by atoms with Crippen molar-refractivity contribution in [3.63, 3.8) is 0 Å². The second-order valence-electron chi connectivity index (χ2n) is 5.14. The molecule has 0 saturated carbocycles. The Morgan fingerprint density at radius 1 is 1.30 bits per heavy atom. The molecule has 1 saturated heterocycles. The molecule has 2 aromatic rings. The summed E-state index contributed by atoms with van der Waals surface area (Å²) in [6, 6.07) is 11.4. The Morgan fingerprint density at radius 2 is 2.10 bits per heavy atom. The van der Waals surface area contributed by atoms with Crippen LogP contribution in [0.3, 0.4) is 0 Å². The van der Waals surface area contributed by atoms with E-state index in [1.54, 1.807) is 6.26 Å². The van der Waals surface area contributed by atoms with Crippen molar-refractivity contribution < 1.29 is 4.42 Å². The van der Waals surface area contributed by atoms with Crippen LogP contribution in [-0.4, -0.2) is 36.6 Å². The highest BCUT2D eigenvalue weighted by Crippen LogP contribution is 2.29. The van der Waals surface area contributed by atoms with Gasteiger partial charge in [-0.2, -0.15) is 4.98 Å². The van der Waals surface area contributed by atoms with E-state index in [9.17, 15) is 0 Å². The molecule has 1 aliphatic heterocycles. The molecule has 1 aromatic heterocycles. The molecular weight excluding hydrogens is 274 g/mol. The molecule has 1 fully saturated rings. The van der Waals surface area contributed by atoms with Crippen LogP contribution in [0.1, 0.15) is 17.3 Å². The van der Waals surface area contributed by atoms with E-state index >= 15 is 0 Å². The third-order valence-corrected chi connectivity index (χ3v) is 3.96. The number of nitrogens with zero attached hydrogens (tertiary/aromatic N) is 3. The minimum atomic E-state index is 0.261. The predicted molar refractivity (Wildman–Crippen MR) is 80.1 cm³/mol.